The van der Waals surface area contributed by atoms with E-state index in [1.807, 2.05) is 18.2 Å². The Labute approximate surface area is 796 Å². The Bertz CT molecular complexity index is 5520. The number of rotatable bonds is 9. The monoisotopic (exact) mass is 2880 g/mol. The van der Waals surface area contributed by atoms with Crippen LogP contribution in [0.4, 0.5) is 83.4 Å². The zero-order valence-corrected chi connectivity index (χ0v) is 78.7. The van der Waals surface area contributed by atoms with E-state index < -0.39 is 83.3 Å². The van der Waals surface area contributed by atoms with Crippen molar-refractivity contribution >= 4 is 5.78 Å². The maximum atomic E-state index is 13.2. The van der Waals surface area contributed by atoms with Gasteiger partial charge in [0.15, 0.2) is 5.78 Å². The number of hydrogen-bond acceptors (Lipinski definition) is 22. The molecule has 0 fully saturated rings. The number of aromatic nitrogens is 26. The van der Waals surface area contributed by atoms with Crippen molar-refractivity contribution in [3.05, 3.63) is 301 Å². The molecule has 0 aliphatic rings. The third-order valence-electron chi connectivity index (χ3n) is 13.7. The molecule has 691 valence electrons. The second-order valence-corrected chi connectivity index (χ2v) is 23.2. The number of alkyl halides is 15. The van der Waals surface area contributed by atoms with Crippen molar-refractivity contribution < 1.29 is 215 Å². The van der Waals surface area contributed by atoms with Crippen LogP contribution >= 0.6 is 0 Å². The number of allylic oxidation sites excluding steroid dienone is 2. The summed E-state index contributed by atoms with van der Waals surface area (Å²) < 4.78 is 234. The van der Waals surface area contributed by atoms with Crippen molar-refractivity contribution in [2.75, 3.05) is 0 Å². The molecule has 14 heterocycles. The first-order valence-electron chi connectivity index (χ1n) is 33.8. The van der Waals surface area contributed by atoms with Gasteiger partial charge in [-0.3, -0.25) is 82.9 Å². The van der Waals surface area contributed by atoms with Gasteiger partial charge in [0.1, 0.15) is 29.1 Å². The second-order valence-electron chi connectivity index (χ2n) is 23.2. The summed E-state index contributed by atoms with van der Waals surface area (Å²) in [6, 6.07) is 47.1. The van der Waals surface area contributed by atoms with Gasteiger partial charge in [0.25, 0.3) is 0 Å². The summed E-state index contributed by atoms with van der Waals surface area (Å²) in [5.74, 6) is -8.20. The first-order valence-corrected chi connectivity index (χ1v) is 33.8. The minimum atomic E-state index is -4.57. The number of halogens is 19. The number of aliphatic hydroxyl groups excluding tert-OH is 1. The SMILES string of the molecule is CC(=O)C=C(C)O.Cc1ccnc(-c2nc(C(F)(F)F)n[n-]2)c1.Cc1n[n-]c(-c2ccccn2)n1.FC(F)(F)c1n[n-]c(-c2ccccn2)n1.FC(F)(F)c1n[n-]c(-c2ccccn2)n1.FC(F)(F)c1n[n-]c(-c2ccccn2)n1.FC(F)(F)c1n[n-]c(-c2ccccn2)n1.Fc1c[c-]c(-c2ccccn2)c(F)c1.Fc1c[c-]c(-c2ccccn2)c(F)c1.[Ir].[Ir].[Ir].[Ir].[Ir].[Pt]. The molecule has 0 amide bonds. The zero-order chi connectivity index (χ0) is 89.5. The van der Waals surface area contributed by atoms with Crippen LogP contribution in [-0.2, 0) is 157 Å². The largest absolute Gasteiger partial charge is 0.512 e. The van der Waals surface area contributed by atoms with Gasteiger partial charge in [-0.05, 0) is 165 Å². The summed E-state index contributed by atoms with van der Waals surface area (Å²) in [5, 5.41) is 47.3. The number of carbonyl (C=O) groups excluding carboxylic acids is 1. The molecule has 0 saturated carbocycles. The quantitative estimate of drug-likeness (QED) is 0.0607. The van der Waals surface area contributed by atoms with E-state index in [0.717, 1.165) is 35.5 Å². The van der Waals surface area contributed by atoms with Gasteiger partial charge in [0, 0.05) is 206 Å². The number of pyridine rings is 8. The van der Waals surface area contributed by atoms with Gasteiger partial charge in [-0.1, -0.05) is 77.9 Å². The van der Waals surface area contributed by atoms with Crippen molar-refractivity contribution in [3.8, 4) is 91.6 Å². The minimum Gasteiger partial charge on any atom is -0.512 e. The molecule has 0 saturated heterocycles. The Balaban J connectivity index is 0.000000491. The van der Waals surface area contributed by atoms with E-state index in [1.165, 1.54) is 75.2 Å². The summed E-state index contributed by atoms with van der Waals surface area (Å²) in [6.45, 7) is 6.45. The third-order valence-corrected chi connectivity index (χ3v) is 13.7. The Morgan fingerprint density at radius 3 is 0.744 bits per heavy atom. The molecule has 0 unspecified atom stereocenters. The van der Waals surface area contributed by atoms with Gasteiger partial charge in [-0.15, -0.1) is 24.3 Å². The fourth-order valence-corrected chi connectivity index (χ4v) is 8.50. The molecule has 1 N–H and O–H groups in total. The number of aliphatic hydroxyl groups is 1. The molecule has 0 bridgehead atoms. The Morgan fingerprint density at radius 2 is 0.558 bits per heavy atom. The summed E-state index contributed by atoms with van der Waals surface area (Å²) in [5.41, 5.74) is 4.24. The van der Waals surface area contributed by atoms with E-state index in [4.69, 9.17) is 5.11 Å². The molecule has 14 aromatic heterocycles. The molecule has 0 spiro atoms. The molecule has 0 aliphatic carbocycles. The van der Waals surface area contributed by atoms with Gasteiger partial charge in [-0.25, -0.2) is 0 Å². The summed E-state index contributed by atoms with van der Waals surface area (Å²) in [4.78, 5) is 61.5. The van der Waals surface area contributed by atoms with Gasteiger partial charge >= 0.3 is 30.9 Å². The predicted molar refractivity (Wildman–Crippen MR) is 390 cm³/mol. The average Bonchev–Trinajstić information content (AvgIpc) is 1.80. The van der Waals surface area contributed by atoms with E-state index >= 15 is 0 Å². The first kappa shape index (κ1) is 113. The summed E-state index contributed by atoms with van der Waals surface area (Å²) >= 11 is 0. The van der Waals surface area contributed by atoms with E-state index in [2.05, 4.69) is 143 Å². The smallest absolute Gasteiger partial charge is 0.429 e. The van der Waals surface area contributed by atoms with Crippen molar-refractivity contribution in [3.63, 3.8) is 0 Å². The van der Waals surface area contributed by atoms with Crippen LogP contribution in [0.5, 0.6) is 0 Å². The molecule has 28 nitrogen and oxygen atoms in total. The average molecular weight is 2880 g/mol. The van der Waals surface area contributed by atoms with Crippen LogP contribution in [0, 0.1) is 49.2 Å². The van der Waals surface area contributed by atoms with E-state index in [1.54, 1.807) is 129 Å². The molecule has 16 rings (SSSR count). The number of ketones is 1. The molecule has 16 aromatic rings. The van der Waals surface area contributed by atoms with Gasteiger partial charge in [0.05, 0.1) is 39.9 Å². The van der Waals surface area contributed by atoms with Crippen molar-refractivity contribution in [2.24, 2.45) is 0 Å². The number of carbonyl (C=O) groups is 1. The van der Waals surface area contributed by atoms with Gasteiger partial charge in [0.2, 0.25) is 0 Å². The van der Waals surface area contributed by atoms with Crippen LogP contribution in [0.1, 0.15) is 54.4 Å². The normalized spacial score (nSPS) is 10.6. The van der Waals surface area contributed by atoms with Gasteiger partial charge in [-0.2, -0.15) is 65.9 Å². The van der Waals surface area contributed by atoms with Gasteiger partial charge < -0.3 is 75.6 Å². The number of benzene rings is 2. The molecule has 0 atom stereocenters. The zero-order valence-electron chi connectivity index (χ0n) is 64.4. The first-order chi connectivity index (χ1) is 58.3. The predicted octanol–water partition coefficient (Wildman–Crippen LogP) is 15.4. The molecular weight excluding hydrogens is 2830 g/mol. The van der Waals surface area contributed by atoms with Crippen molar-refractivity contribution in [1.29, 1.82) is 0 Å². The molecule has 0 aliphatic heterocycles. The van der Waals surface area contributed by atoms with E-state index in [-0.39, 0.29) is 202 Å². The third kappa shape index (κ3) is 37.9. The molecule has 129 heavy (non-hydrogen) atoms. The maximum Gasteiger partial charge on any atom is 0.429 e. The number of nitrogens with zero attached hydrogens (tertiary/aromatic N) is 26. The molecule has 5 radical (unpaired) electrons. The second kappa shape index (κ2) is 53.9. The number of aryl methyl sites for hydroxylation is 2. The summed E-state index contributed by atoms with van der Waals surface area (Å²) in [7, 11) is 0. The van der Waals surface area contributed by atoms with Crippen LogP contribution < -0.4 is 30.6 Å². The standard InChI is InChI=1S/2C11H6F2N.C9H6F3N4.4C8H4F3N4.C8H7N4.C5H8O2.5Ir.Pt/c2*12-8-4-5-9(10(13)7-8)11-3-1-2-6-14-11;1-5-2-3-13-6(4-5)7-14-8(16-15-7)9(10,11)12;4*9-8(10,11)7-13-6(14-15-7)5-3-1-2-4-12-5;1-6-10-8(12-11-6)7-4-2-3-5-9-7;1-4(6)3-5(2)7;;;;;;/h2*1-4,6-7H;2-4H,1H3;4*1-4H;2-5H,1H3;3,6H,1-2H3;;;;;;/q8*-1;;;;;;;. The number of hydrogen-bond donors (Lipinski definition) is 1. The minimum absolute atomic E-state index is 0. The van der Waals surface area contributed by atoms with Crippen LogP contribution in [0.25, 0.3) is 91.6 Å². The Morgan fingerprint density at radius 1 is 0.326 bits per heavy atom. The fraction of sp³-hybridized carbons (Fsp3) is 0.118. The molecule has 53 heteroatoms. The molecule has 2 aromatic carbocycles. The van der Waals surface area contributed by atoms with Crippen LogP contribution in [0.2, 0.25) is 0 Å². The fourth-order valence-electron chi connectivity index (χ4n) is 8.50. The van der Waals surface area contributed by atoms with Crippen LogP contribution in [-0.4, -0.2) is 111 Å². The summed E-state index contributed by atoms with van der Waals surface area (Å²) in [6.07, 6.45) is -9.63. The van der Waals surface area contributed by atoms with Crippen molar-refractivity contribution in [1.82, 2.24) is 131 Å². The van der Waals surface area contributed by atoms with Crippen LogP contribution in [0.3, 0.4) is 0 Å². The van der Waals surface area contributed by atoms with E-state index in [0.29, 0.717) is 23.0 Å². The van der Waals surface area contributed by atoms with Crippen molar-refractivity contribution in [2.45, 2.75) is 58.6 Å². The Hall–Kier alpha value is -11.7. The van der Waals surface area contributed by atoms with Crippen LogP contribution in [0.15, 0.2) is 225 Å². The van der Waals surface area contributed by atoms with E-state index in [9.17, 15) is 88.2 Å². The topological polar surface area (TPSA) is 380 Å². The Kier molecular flexibility index (Phi) is 47.4. The molecular formula is C76H49F19Ir5N26O2Pt-8. The maximum absolute atomic E-state index is 13.2.